The van der Waals surface area contributed by atoms with Crippen molar-refractivity contribution in [2.75, 3.05) is 26.4 Å². The molecule has 0 unspecified atom stereocenters. The van der Waals surface area contributed by atoms with Gasteiger partial charge in [-0.2, -0.15) is 0 Å². The Bertz CT molecular complexity index is 1860. The average Bonchev–Trinajstić information content (AvgIpc) is 3.44. The molecule has 3 aliphatic heterocycles. The van der Waals surface area contributed by atoms with E-state index in [1.165, 1.54) is 0 Å². The SMILES string of the molecule is CC(=O)OC[C@H]1O[C@H](OC[C@H]2O[C@@](COC(C)=O)(O[C@H]3O[C@H](COC(C)=O)[C@@H](OC(C)=O)[C@H](OC(C)=O)[C@H]3OC(C)=O)[C@@H](OC(C)=O)[C@@H]2OC(C)=O)[C@H](OC(C)=O)[C@@H](OC(C)=O)[C@H]1OC(C)=O. The van der Waals surface area contributed by atoms with Crippen molar-refractivity contribution in [1.29, 1.82) is 0 Å². The van der Waals surface area contributed by atoms with Crippen molar-refractivity contribution in [2.24, 2.45) is 0 Å². The number of ether oxygens (including phenoxy) is 16. The third-order valence-electron chi connectivity index (χ3n) is 9.16. The van der Waals surface area contributed by atoms with Crippen LogP contribution in [0.3, 0.4) is 0 Å². The summed E-state index contributed by atoms with van der Waals surface area (Å²) in [4.78, 5) is 137. The van der Waals surface area contributed by atoms with Gasteiger partial charge >= 0.3 is 65.7 Å². The molecule has 0 aliphatic carbocycles. The molecule has 0 aromatic heterocycles. The second-order valence-corrected chi connectivity index (χ2v) is 14.9. The Kier molecular flexibility index (Phi) is 20.3. The van der Waals surface area contributed by atoms with Crippen LogP contribution >= 0.6 is 0 Å². The maximum atomic E-state index is 12.9. The molecule has 0 N–H and O–H groups in total. The molecule has 0 aromatic rings. The van der Waals surface area contributed by atoms with Crippen LogP contribution in [0.15, 0.2) is 0 Å². The second kappa shape index (κ2) is 24.7. The molecule has 67 heavy (non-hydrogen) atoms. The van der Waals surface area contributed by atoms with Gasteiger partial charge in [0.05, 0.1) is 6.61 Å². The fraction of sp³-hybridized carbons (Fsp3) is 0.725. The van der Waals surface area contributed by atoms with Crippen LogP contribution in [-0.4, -0.2) is 178 Å². The molecule has 27 nitrogen and oxygen atoms in total. The van der Waals surface area contributed by atoms with Crippen molar-refractivity contribution in [1.82, 2.24) is 0 Å². The summed E-state index contributed by atoms with van der Waals surface area (Å²) < 4.78 is 90.3. The minimum absolute atomic E-state index is 0.641. The topological polar surface area (TPSA) is 335 Å². The first kappa shape index (κ1) is 55.3. The van der Waals surface area contributed by atoms with E-state index >= 15 is 0 Å². The van der Waals surface area contributed by atoms with Crippen LogP contribution in [0.4, 0.5) is 0 Å². The first-order chi connectivity index (χ1) is 31.2. The van der Waals surface area contributed by atoms with Crippen LogP contribution < -0.4 is 0 Å². The van der Waals surface area contributed by atoms with Crippen molar-refractivity contribution in [3.05, 3.63) is 0 Å². The van der Waals surface area contributed by atoms with E-state index in [-0.39, 0.29) is 0 Å². The van der Waals surface area contributed by atoms with Gasteiger partial charge in [0, 0.05) is 76.2 Å². The van der Waals surface area contributed by atoms with Crippen molar-refractivity contribution in [3.8, 4) is 0 Å². The maximum absolute atomic E-state index is 12.9. The molecule has 14 atom stereocenters. The molecule has 3 rings (SSSR count). The normalized spacial score (nSPS) is 31.1. The van der Waals surface area contributed by atoms with E-state index in [1.807, 2.05) is 0 Å². The zero-order chi connectivity index (χ0) is 50.5. The van der Waals surface area contributed by atoms with Gasteiger partial charge in [-0.15, -0.1) is 0 Å². The highest BCUT2D eigenvalue weighted by molar-refractivity contribution is 5.71. The average molecular weight is 967 g/mol. The Balaban J connectivity index is 2.26. The molecule has 3 saturated heterocycles. The number of hydrogen-bond donors (Lipinski definition) is 0. The van der Waals surface area contributed by atoms with E-state index in [0.717, 1.165) is 76.2 Å². The quantitative estimate of drug-likeness (QED) is 0.107. The molecular weight excluding hydrogens is 912 g/mol. The van der Waals surface area contributed by atoms with Gasteiger partial charge < -0.3 is 75.8 Å². The van der Waals surface area contributed by atoms with Crippen molar-refractivity contribution in [2.45, 2.75) is 162 Å². The van der Waals surface area contributed by atoms with Gasteiger partial charge in [0.1, 0.15) is 38.1 Å². The van der Waals surface area contributed by atoms with Gasteiger partial charge in [-0.1, -0.05) is 0 Å². The third-order valence-corrected chi connectivity index (χ3v) is 9.16. The molecule has 376 valence electrons. The third kappa shape index (κ3) is 16.4. The first-order valence-corrected chi connectivity index (χ1v) is 20.3. The Morgan fingerprint density at radius 1 is 0.358 bits per heavy atom. The second-order valence-electron chi connectivity index (χ2n) is 14.9. The largest absolute Gasteiger partial charge is 0.463 e. The standard InChI is InChI=1S/C40H54O27/c1-16(41)52-12-27-30(56-19(4)44)33(59-22(7)47)35(61-24(9)49)38(64-27)54-14-29-32(58-21(6)46)37(63-26(11)51)40(66-29,15-55-18(3)43)67-39-36(62-25(10)50)34(60-23(8)48)31(57-20(5)45)28(65-39)13-53-17(2)42/h27-39H,12-15H2,1-11H3/t27-,28-,29-,30+,31-,32-,33+,34+,35-,36-,37+,38+,39-,40+/m1/s1. The number of esters is 11. The molecule has 0 spiro atoms. The Hall–Kier alpha value is -6.03. The molecule has 0 saturated carbocycles. The minimum atomic E-state index is -2.73. The van der Waals surface area contributed by atoms with Gasteiger partial charge in [0.2, 0.25) is 12.1 Å². The predicted molar refractivity (Wildman–Crippen MR) is 206 cm³/mol. The van der Waals surface area contributed by atoms with Gasteiger partial charge in [-0.3, -0.25) is 52.7 Å². The van der Waals surface area contributed by atoms with Crippen LogP contribution in [0.25, 0.3) is 0 Å². The highest BCUT2D eigenvalue weighted by Gasteiger charge is 2.65. The first-order valence-electron chi connectivity index (χ1n) is 20.3. The van der Waals surface area contributed by atoms with Crippen LogP contribution in [-0.2, 0) is 129 Å². The van der Waals surface area contributed by atoms with Gasteiger partial charge in [0.15, 0.2) is 55.1 Å². The lowest BCUT2D eigenvalue weighted by atomic mass is 9.97. The fourth-order valence-electron chi connectivity index (χ4n) is 7.07. The summed E-state index contributed by atoms with van der Waals surface area (Å²) in [6.45, 7) is 7.50. The summed E-state index contributed by atoms with van der Waals surface area (Å²) >= 11 is 0. The Morgan fingerprint density at radius 3 is 1.09 bits per heavy atom. The number of hydrogen-bond acceptors (Lipinski definition) is 27. The fourth-order valence-corrected chi connectivity index (χ4v) is 7.07. The zero-order valence-electron chi connectivity index (χ0n) is 38.4. The molecule has 0 amide bonds. The lowest BCUT2D eigenvalue weighted by Gasteiger charge is -2.46. The van der Waals surface area contributed by atoms with Crippen molar-refractivity contribution < 1.29 is 129 Å². The van der Waals surface area contributed by atoms with E-state index in [1.54, 1.807) is 0 Å². The number of rotatable bonds is 19. The van der Waals surface area contributed by atoms with Gasteiger partial charge in [0.25, 0.3) is 0 Å². The van der Waals surface area contributed by atoms with Crippen molar-refractivity contribution in [3.63, 3.8) is 0 Å². The van der Waals surface area contributed by atoms with E-state index < -0.39 is 178 Å². The summed E-state index contributed by atoms with van der Waals surface area (Å²) in [5, 5.41) is 0. The van der Waals surface area contributed by atoms with Gasteiger partial charge in [-0.25, -0.2) is 0 Å². The molecule has 3 fully saturated rings. The summed E-state index contributed by atoms with van der Waals surface area (Å²) in [7, 11) is 0. The van der Waals surface area contributed by atoms with E-state index in [2.05, 4.69) is 0 Å². The number of carbonyl (C=O) groups excluding carboxylic acids is 11. The van der Waals surface area contributed by atoms with Crippen LogP contribution in [0.1, 0.15) is 76.2 Å². The lowest BCUT2D eigenvalue weighted by molar-refractivity contribution is -0.385. The molecule has 0 aromatic carbocycles. The Labute approximate surface area is 382 Å². The van der Waals surface area contributed by atoms with E-state index in [4.69, 9.17) is 75.8 Å². The highest BCUT2D eigenvalue weighted by Crippen LogP contribution is 2.42. The molecule has 3 heterocycles. The van der Waals surface area contributed by atoms with E-state index in [9.17, 15) is 52.7 Å². The van der Waals surface area contributed by atoms with Gasteiger partial charge in [-0.05, 0) is 0 Å². The van der Waals surface area contributed by atoms with Crippen molar-refractivity contribution >= 4 is 65.7 Å². The summed E-state index contributed by atoms with van der Waals surface area (Å²) in [6.07, 6.45) is -23.1. The summed E-state index contributed by atoms with van der Waals surface area (Å²) in [5.74, 6) is -13.4. The molecule has 27 heteroatoms. The van der Waals surface area contributed by atoms with Crippen LogP contribution in [0, 0.1) is 0 Å². The Morgan fingerprint density at radius 2 is 0.701 bits per heavy atom. The smallest absolute Gasteiger partial charge is 0.303 e. The summed E-state index contributed by atoms with van der Waals surface area (Å²) in [6, 6.07) is 0. The lowest BCUT2D eigenvalue weighted by Crippen LogP contribution is -2.65. The predicted octanol–water partition coefficient (Wildman–Crippen LogP) is -1.29. The van der Waals surface area contributed by atoms with E-state index in [0.29, 0.717) is 0 Å². The highest BCUT2D eigenvalue weighted by atomic mass is 16.8. The molecule has 3 aliphatic rings. The molecule has 0 radical (unpaired) electrons. The molecule has 0 bridgehead atoms. The monoisotopic (exact) mass is 966 g/mol. The van der Waals surface area contributed by atoms with Crippen LogP contribution in [0.2, 0.25) is 0 Å². The maximum Gasteiger partial charge on any atom is 0.303 e. The minimum Gasteiger partial charge on any atom is -0.463 e. The number of carbonyl (C=O) groups is 11. The van der Waals surface area contributed by atoms with Crippen LogP contribution in [0.5, 0.6) is 0 Å². The molecular formula is C40H54O27. The summed E-state index contributed by atoms with van der Waals surface area (Å²) in [5.41, 5.74) is 0. The zero-order valence-corrected chi connectivity index (χ0v) is 38.4.